The molecule has 2 aliphatic rings. The van der Waals surface area contributed by atoms with E-state index in [1.807, 2.05) is 4.57 Å². The molecular weight excluding hydrogens is 288 g/mol. The first-order valence-corrected chi connectivity index (χ1v) is 7.41. The summed E-state index contributed by atoms with van der Waals surface area (Å²) in [4.78, 5) is 35.6. The lowest BCUT2D eigenvalue weighted by molar-refractivity contribution is -0.130. The van der Waals surface area contributed by atoms with Crippen molar-refractivity contribution in [1.82, 2.24) is 30.3 Å². The number of carbonyl (C=O) groups excluding carboxylic acids is 3. The second kappa shape index (κ2) is 6.12. The third-order valence-electron chi connectivity index (χ3n) is 3.87. The number of hydrogen-bond acceptors (Lipinski definition) is 5. The first-order chi connectivity index (χ1) is 10.6. The number of imide groups is 1. The number of aryl methyl sites for hydroxylation is 1. The average molecular weight is 306 g/mol. The molecule has 4 amide bonds. The van der Waals surface area contributed by atoms with E-state index in [9.17, 15) is 14.4 Å². The zero-order valence-electron chi connectivity index (χ0n) is 12.2. The predicted octanol–water partition coefficient (Wildman–Crippen LogP) is -0.828. The SMILES string of the molecule is O=C(CN1C(=O)CNC1=O)NCc1nnc2n1CCCCC2. The minimum Gasteiger partial charge on any atom is -0.347 e. The van der Waals surface area contributed by atoms with Crippen molar-refractivity contribution in [2.24, 2.45) is 0 Å². The highest BCUT2D eigenvalue weighted by atomic mass is 16.2. The molecule has 0 aromatic carbocycles. The number of aromatic nitrogens is 3. The van der Waals surface area contributed by atoms with E-state index in [-0.39, 0.29) is 19.6 Å². The molecule has 1 saturated heterocycles. The molecule has 0 spiro atoms. The first kappa shape index (κ1) is 14.5. The standard InChI is InChI=1S/C13H18N6O3/c20-11(8-19-12(21)7-15-13(19)22)14-6-10-17-16-9-4-2-1-3-5-18(9)10/h1-8H2,(H,14,20)(H,15,22). The number of fused-ring (bicyclic) bond motifs is 1. The van der Waals surface area contributed by atoms with Gasteiger partial charge in [-0.2, -0.15) is 0 Å². The molecule has 3 heterocycles. The van der Waals surface area contributed by atoms with Crippen LogP contribution in [0.1, 0.15) is 30.9 Å². The highest BCUT2D eigenvalue weighted by molar-refractivity contribution is 6.04. The van der Waals surface area contributed by atoms with Gasteiger partial charge in [-0.05, 0) is 12.8 Å². The number of nitrogens with zero attached hydrogens (tertiary/aromatic N) is 4. The van der Waals surface area contributed by atoms with E-state index in [1.165, 1.54) is 6.42 Å². The Morgan fingerprint density at radius 2 is 2.09 bits per heavy atom. The molecule has 0 atom stereocenters. The Bertz CT molecular complexity index is 595. The Morgan fingerprint density at radius 3 is 2.86 bits per heavy atom. The quantitative estimate of drug-likeness (QED) is 0.706. The fourth-order valence-electron chi connectivity index (χ4n) is 2.67. The van der Waals surface area contributed by atoms with Crippen molar-refractivity contribution in [2.45, 2.75) is 38.8 Å². The van der Waals surface area contributed by atoms with E-state index >= 15 is 0 Å². The van der Waals surface area contributed by atoms with Crippen LogP contribution in [-0.4, -0.2) is 50.6 Å². The number of carbonyl (C=O) groups is 3. The van der Waals surface area contributed by atoms with E-state index < -0.39 is 17.8 Å². The second-order valence-electron chi connectivity index (χ2n) is 5.41. The molecular formula is C13H18N6O3. The Labute approximate surface area is 127 Å². The van der Waals surface area contributed by atoms with Gasteiger partial charge in [0.05, 0.1) is 13.1 Å². The monoisotopic (exact) mass is 306 g/mol. The van der Waals surface area contributed by atoms with Crippen molar-refractivity contribution in [3.8, 4) is 0 Å². The number of rotatable bonds is 4. The normalized spacial score (nSPS) is 17.9. The van der Waals surface area contributed by atoms with Crippen molar-refractivity contribution in [2.75, 3.05) is 13.1 Å². The molecule has 0 saturated carbocycles. The van der Waals surface area contributed by atoms with Gasteiger partial charge in [0, 0.05) is 13.0 Å². The number of amides is 4. The van der Waals surface area contributed by atoms with Crippen LogP contribution in [0.5, 0.6) is 0 Å². The summed E-state index contributed by atoms with van der Waals surface area (Å²) in [6.07, 6.45) is 4.26. The van der Waals surface area contributed by atoms with Gasteiger partial charge in [-0.25, -0.2) is 4.79 Å². The predicted molar refractivity (Wildman–Crippen MR) is 74.5 cm³/mol. The molecule has 22 heavy (non-hydrogen) atoms. The zero-order valence-corrected chi connectivity index (χ0v) is 12.2. The summed E-state index contributed by atoms with van der Waals surface area (Å²) in [5.41, 5.74) is 0. The van der Waals surface area contributed by atoms with Crippen LogP contribution >= 0.6 is 0 Å². The molecule has 9 heteroatoms. The smallest absolute Gasteiger partial charge is 0.325 e. The van der Waals surface area contributed by atoms with Crippen LogP contribution in [0.25, 0.3) is 0 Å². The Balaban J connectivity index is 1.56. The minimum atomic E-state index is -0.531. The van der Waals surface area contributed by atoms with Gasteiger partial charge >= 0.3 is 6.03 Å². The van der Waals surface area contributed by atoms with Crippen LogP contribution in [0.15, 0.2) is 0 Å². The third kappa shape index (κ3) is 2.92. The van der Waals surface area contributed by atoms with Crippen LogP contribution < -0.4 is 10.6 Å². The second-order valence-corrected chi connectivity index (χ2v) is 5.41. The van der Waals surface area contributed by atoms with Gasteiger partial charge in [0.15, 0.2) is 5.82 Å². The van der Waals surface area contributed by atoms with Gasteiger partial charge < -0.3 is 15.2 Å². The molecule has 9 nitrogen and oxygen atoms in total. The van der Waals surface area contributed by atoms with Crippen molar-refractivity contribution in [3.63, 3.8) is 0 Å². The fraction of sp³-hybridized carbons (Fsp3) is 0.615. The molecule has 0 aliphatic carbocycles. The summed E-state index contributed by atoms with van der Waals surface area (Å²) in [5.74, 6) is 0.881. The van der Waals surface area contributed by atoms with Crippen LogP contribution in [0.2, 0.25) is 0 Å². The third-order valence-corrected chi connectivity index (χ3v) is 3.87. The number of nitrogens with one attached hydrogen (secondary N) is 2. The maximum Gasteiger partial charge on any atom is 0.325 e. The molecule has 1 aromatic heterocycles. The topological polar surface area (TPSA) is 109 Å². The van der Waals surface area contributed by atoms with Crippen molar-refractivity contribution < 1.29 is 14.4 Å². The van der Waals surface area contributed by atoms with Crippen LogP contribution in [0.4, 0.5) is 4.79 Å². The molecule has 2 N–H and O–H groups in total. The van der Waals surface area contributed by atoms with E-state index in [4.69, 9.17) is 0 Å². The van der Waals surface area contributed by atoms with Crippen LogP contribution in [-0.2, 0) is 29.1 Å². The summed E-state index contributed by atoms with van der Waals surface area (Å²) >= 11 is 0. The van der Waals surface area contributed by atoms with Gasteiger partial charge in [-0.15, -0.1) is 10.2 Å². The van der Waals surface area contributed by atoms with Crippen molar-refractivity contribution >= 4 is 17.8 Å². The lowest BCUT2D eigenvalue weighted by Crippen LogP contribution is -2.40. The fourth-order valence-corrected chi connectivity index (χ4v) is 2.67. The lowest BCUT2D eigenvalue weighted by atomic mass is 10.2. The first-order valence-electron chi connectivity index (χ1n) is 7.41. The molecule has 1 fully saturated rings. The Morgan fingerprint density at radius 1 is 1.23 bits per heavy atom. The van der Waals surface area contributed by atoms with Gasteiger partial charge in [-0.3, -0.25) is 14.5 Å². The van der Waals surface area contributed by atoms with Gasteiger partial charge in [0.1, 0.15) is 12.4 Å². The highest BCUT2D eigenvalue weighted by Gasteiger charge is 2.30. The summed E-state index contributed by atoms with van der Waals surface area (Å²) in [6, 6.07) is -0.531. The Hall–Kier alpha value is -2.45. The molecule has 1 aromatic rings. The highest BCUT2D eigenvalue weighted by Crippen LogP contribution is 2.14. The lowest BCUT2D eigenvalue weighted by Gasteiger charge is -2.12. The maximum absolute atomic E-state index is 11.9. The van der Waals surface area contributed by atoms with Gasteiger partial charge in [0.25, 0.3) is 5.91 Å². The van der Waals surface area contributed by atoms with Crippen molar-refractivity contribution in [1.29, 1.82) is 0 Å². The summed E-state index contributed by atoms with van der Waals surface area (Å²) < 4.78 is 2.04. The van der Waals surface area contributed by atoms with Crippen LogP contribution in [0, 0.1) is 0 Å². The number of hydrogen-bond donors (Lipinski definition) is 2. The molecule has 0 bridgehead atoms. The molecule has 2 aliphatic heterocycles. The summed E-state index contributed by atoms with van der Waals surface area (Å²) in [7, 11) is 0. The zero-order chi connectivity index (χ0) is 15.5. The van der Waals surface area contributed by atoms with E-state index in [0.29, 0.717) is 5.82 Å². The summed E-state index contributed by atoms with van der Waals surface area (Å²) in [5, 5.41) is 13.3. The van der Waals surface area contributed by atoms with Gasteiger partial charge in [-0.1, -0.05) is 6.42 Å². The number of urea groups is 1. The van der Waals surface area contributed by atoms with Crippen LogP contribution in [0.3, 0.4) is 0 Å². The van der Waals surface area contributed by atoms with E-state index in [1.54, 1.807) is 0 Å². The largest absolute Gasteiger partial charge is 0.347 e. The van der Waals surface area contributed by atoms with E-state index in [0.717, 1.165) is 36.5 Å². The Kier molecular flexibility index (Phi) is 4.03. The van der Waals surface area contributed by atoms with Crippen molar-refractivity contribution in [3.05, 3.63) is 11.6 Å². The molecule has 118 valence electrons. The van der Waals surface area contributed by atoms with E-state index in [2.05, 4.69) is 20.8 Å². The molecule has 0 unspecified atom stereocenters. The average Bonchev–Trinajstić information content (AvgIpc) is 2.93. The minimum absolute atomic E-state index is 0.0518. The summed E-state index contributed by atoms with van der Waals surface area (Å²) in [6.45, 7) is 0.783. The maximum atomic E-state index is 11.9. The molecule has 0 radical (unpaired) electrons. The molecule has 3 rings (SSSR count). The van der Waals surface area contributed by atoms with Gasteiger partial charge in [0.2, 0.25) is 5.91 Å².